The molecule has 0 bridgehead atoms. The molecule has 2 heterocycles. The van der Waals surface area contributed by atoms with Crippen molar-refractivity contribution in [3.05, 3.63) is 35.2 Å². The Labute approximate surface area is 125 Å². The summed E-state index contributed by atoms with van der Waals surface area (Å²) in [6, 6.07) is 4.51. The van der Waals surface area contributed by atoms with E-state index in [1.165, 1.54) is 45.0 Å². The molecule has 3 rings (SSSR count). The molecule has 0 radical (unpaired) electrons. The van der Waals surface area contributed by atoms with Gasteiger partial charge in [-0.15, -0.1) is 0 Å². The van der Waals surface area contributed by atoms with Crippen LogP contribution in [-0.2, 0) is 4.74 Å². The van der Waals surface area contributed by atoms with Gasteiger partial charge in [-0.1, -0.05) is 12.0 Å². The fourth-order valence-corrected chi connectivity index (χ4v) is 3.01. The average Bonchev–Trinajstić information content (AvgIpc) is 2.47. The first-order valence-electron chi connectivity index (χ1n) is 7.74. The molecule has 2 fully saturated rings. The lowest BCUT2D eigenvalue weighted by atomic mass is 9.89. The third kappa shape index (κ3) is 3.32. The first-order valence-corrected chi connectivity index (χ1v) is 7.74. The summed E-state index contributed by atoms with van der Waals surface area (Å²) < 4.78 is 4.68. The molecule has 1 aromatic rings. The Bertz CT molecular complexity index is 522. The molecule has 1 saturated carbocycles. The number of hydrogen-bond donors (Lipinski definition) is 0. The van der Waals surface area contributed by atoms with Crippen LogP contribution >= 0.6 is 0 Å². The molecule has 0 unspecified atom stereocenters. The summed E-state index contributed by atoms with van der Waals surface area (Å²) >= 11 is 0. The van der Waals surface area contributed by atoms with Crippen LogP contribution < -0.4 is 0 Å². The fourth-order valence-electron chi connectivity index (χ4n) is 3.01. The van der Waals surface area contributed by atoms with Gasteiger partial charge in [0.05, 0.1) is 18.4 Å². The smallest absolute Gasteiger partial charge is 0.339 e. The lowest BCUT2D eigenvalue weighted by molar-refractivity contribution is 0.0600. The van der Waals surface area contributed by atoms with Crippen molar-refractivity contribution in [2.45, 2.75) is 38.1 Å². The van der Waals surface area contributed by atoms with E-state index in [1.54, 1.807) is 12.3 Å². The predicted molar refractivity (Wildman–Crippen MR) is 82.0 cm³/mol. The quantitative estimate of drug-likeness (QED) is 0.801. The molecule has 4 heteroatoms. The molecule has 21 heavy (non-hydrogen) atoms. The van der Waals surface area contributed by atoms with Gasteiger partial charge in [0, 0.05) is 25.3 Å². The third-order valence-electron chi connectivity index (χ3n) is 4.59. The van der Waals surface area contributed by atoms with Crippen LogP contribution in [0.25, 0.3) is 6.08 Å². The normalized spacial score (nSPS) is 20.0. The molecule has 2 aliphatic rings. The van der Waals surface area contributed by atoms with E-state index in [0.717, 1.165) is 24.6 Å². The van der Waals surface area contributed by atoms with Gasteiger partial charge in [-0.2, -0.15) is 0 Å². The van der Waals surface area contributed by atoms with Gasteiger partial charge in [0.1, 0.15) is 0 Å². The van der Waals surface area contributed by atoms with Crippen molar-refractivity contribution in [2.24, 2.45) is 0 Å². The molecule has 0 aromatic carbocycles. The molecular formula is C17H22N2O2. The number of carbonyl (C=O) groups is 1. The van der Waals surface area contributed by atoms with Gasteiger partial charge < -0.3 is 4.74 Å². The molecule has 0 spiro atoms. The number of nitrogens with zero attached hydrogens (tertiary/aromatic N) is 2. The number of ether oxygens (including phenoxy) is 1. The first-order chi connectivity index (χ1) is 10.3. The van der Waals surface area contributed by atoms with Gasteiger partial charge in [0.25, 0.3) is 0 Å². The SMILES string of the molecule is COC(=O)c1ccc(C=C2CCN(C3CCC3)CC2)nc1. The fraction of sp³-hybridized carbons (Fsp3) is 0.529. The van der Waals surface area contributed by atoms with Crippen molar-refractivity contribution in [3.8, 4) is 0 Å². The van der Waals surface area contributed by atoms with Crippen LogP contribution in [0.1, 0.15) is 48.2 Å². The van der Waals surface area contributed by atoms with Crippen LogP contribution in [0, 0.1) is 0 Å². The first kappa shape index (κ1) is 14.3. The number of piperidine rings is 1. The van der Waals surface area contributed by atoms with Gasteiger partial charge in [-0.25, -0.2) is 4.79 Å². The summed E-state index contributed by atoms with van der Waals surface area (Å²) in [7, 11) is 1.38. The van der Waals surface area contributed by atoms with Crippen LogP contribution in [0.4, 0.5) is 0 Å². The van der Waals surface area contributed by atoms with Crippen LogP contribution in [-0.4, -0.2) is 42.1 Å². The topological polar surface area (TPSA) is 42.4 Å². The summed E-state index contributed by atoms with van der Waals surface area (Å²) in [5.41, 5.74) is 2.89. The van der Waals surface area contributed by atoms with Gasteiger partial charge in [0.2, 0.25) is 0 Å². The maximum atomic E-state index is 11.4. The van der Waals surface area contributed by atoms with E-state index >= 15 is 0 Å². The van der Waals surface area contributed by atoms with E-state index in [1.807, 2.05) is 6.07 Å². The van der Waals surface area contributed by atoms with Gasteiger partial charge in [-0.3, -0.25) is 9.88 Å². The van der Waals surface area contributed by atoms with Crippen molar-refractivity contribution >= 4 is 12.0 Å². The Morgan fingerprint density at radius 1 is 1.33 bits per heavy atom. The average molecular weight is 286 g/mol. The van der Waals surface area contributed by atoms with E-state index in [0.29, 0.717) is 5.56 Å². The number of likely N-dealkylation sites (tertiary alicyclic amines) is 1. The minimum atomic E-state index is -0.337. The highest BCUT2D eigenvalue weighted by atomic mass is 16.5. The van der Waals surface area contributed by atoms with E-state index in [9.17, 15) is 4.79 Å². The summed E-state index contributed by atoms with van der Waals surface area (Å²) in [6.07, 6.45) is 10.2. The lowest BCUT2D eigenvalue weighted by Gasteiger charge is -2.40. The van der Waals surface area contributed by atoms with Gasteiger partial charge >= 0.3 is 5.97 Å². The number of rotatable bonds is 3. The molecule has 0 atom stereocenters. The highest BCUT2D eigenvalue weighted by Gasteiger charge is 2.26. The number of esters is 1. The standard InChI is InChI=1S/C17H22N2O2/c1-21-17(20)14-5-6-15(18-12-14)11-13-7-9-19(10-8-13)16-3-2-4-16/h5-6,11-12,16H,2-4,7-10H2,1H3. The zero-order valence-electron chi connectivity index (χ0n) is 12.5. The van der Waals surface area contributed by atoms with Crippen molar-refractivity contribution in [1.82, 2.24) is 9.88 Å². The third-order valence-corrected chi connectivity index (χ3v) is 4.59. The van der Waals surface area contributed by atoms with Crippen LogP contribution in [0.3, 0.4) is 0 Å². The second-order valence-electron chi connectivity index (χ2n) is 5.89. The maximum absolute atomic E-state index is 11.4. The Hall–Kier alpha value is -1.68. The molecule has 1 aliphatic heterocycles. The van der Waals surface area contributed by atoms with Gasteiger partial charge in [-0.05, 0) is 43.9 Å². The second-order valence-corrected chi connectivity index (χ2v) is 5.89. The highest BCUT2D eigenvalue weighted by Crippen LogP contribution is 2.29. The van der Waals surface area contributed by atoms with Crippen molar-refractivity contribution in [3.63, 3.8) is 0 Å². The lowest BCUT2D eigenvalue weighted by Crippen LogP contribution is -2.43. The summed E-state index contributed by atoms with van der Waals surface area (Å²) in [6.45, 7) is 2.35. The van der Waals surface area contributed by atoms with Crippen molar-refractivity contribution < 1.29 is 9.53 Å². The number of pyridine rings is 1. The molecule has 1 aliphatic carbocycles. The summed E-state index contributed by atoms with van der Waals surface area (Å²) in [5, 5.41) is 0. The molecule has 112 valence electrons. The molecule has 4 nitrogen and oxygen atoms in total. The molecule has 1 saturated heterocycles. The van der Waals surface area contributed by atoms with E-state index < -0.39 is 0 Å². The van der Waals surface area contributed by atoms with E-state index in [-0.39, 0.29) is 5.97 Å². The predicted octanol–water partition coefficient (Wildman–Crippen LogP) is 2.90. The van der Waals surface area contributed by atoms with Crippen LogP contribution in [0.15, 0.2) is 23.9 Å². The number of methoxy groups -OCH3 is 1. The second kappa shape index (κ2) is 6.39. The number of aromatic nitrogens is 1. The minimum Gasteiger partial charge on any atom is -0.465 e. The maximum Gasteiger partial charge on any atom is 0.339 e. The Morgan fingerprint density at radius 3 is 2.62 bits per heavy atom. The zero-order valence-corrected chi connectivity index (χ0v) is 12.5. The molecular weight excluding hydrogens is 264 g/mol. The van der Waals surface area contributed by atoms with Crippen molar-refractivity contribution in [2.75, 3.05) is 20.2 Å². The molecule has 0 amide bonds. The monoisotopic (exact) mass is 286 g/mol. The highest BCUT2D eigenvalue weighted by molar-refractivity contribution is 5.88. The Kier molecular flexibility index (Phi) is 4.34. The number of hydrogen-bond acceptors (Lipinski definition) is 4. The van der Waals surface area contributed by atoms with Gasteiger partial charge in [0.15, 0.2) is 0 Å². The largest absolute Gasteiger partial charge is 0.465 e. The van der Waals surface area contributed by atoms with Crippen LogP contribution in [0.5, 0.6) is 0 Å². The Morgan fingerprint density at radius 2 is 2.10 bits per heavy atom. The van der Waals surface area contributed by atoms with Crippen molar-refractivity contribution in [1.29, 1.82) is 0 Å². The van der Waals surface area contributed by atoms with E-state index in [4.69, 9.17) is 0 Å². The van der Waals surface area contributed by atoms with Crippen LogP contribution in [0.2, 0.25) is 0 Å². The molecule has 0 N–H and O–H groups in total. The Balaban J connectivity index is 1.59. The zero-order chi connectivity index (χ0) is 14.7. The van der Waals surface area contributed by atoms with E-state index in [2.05, 4.69) is 20.7 Å². The summed E-state index contributed by atoms with van der Waals surface area (Å²) in [4.78, 5) is 18.3. The molecule has 1 aromatic heterocycles. The number of carbonyl (C=O) groups excluding carboxylic acids is 1. The summed E-state index contributed by atoms with van der Waals surface area (Å²) in [5.74, 6) is -0.337. The minimum absolute atomic E-state index is 0.337.